The van der Waals surface area contributed by atoms with Crippen molar-refractivity contribution in [2.75, 3.05) is 11.4 Å². The van der Waals surface area contributed by atoms with E-state index in [0.717, 1.165) is 24.1 Å². The Balaban J connectivity index is 1.71. The van der Waals surface area contributed by atoms with Crippen molar-refractivity contribution in [1.29, 1.82) is 5.26 Å². The van der Waals surface area contributed by atoms with Gasteiger partial charge in [-0.1, -0.05) is 18.2 Å². The van der Waals surface area contributed by atoms with E-state index in [-0.39, 0.29) is 11.8 Å². The summed E-state index contributed by atoms with van der Waals surface area (Å²) in [5.74, 6) is -0.440. The van der Waals surface area contributed by atoms with Gasteiger partial charge in [0.1, 0.15) is 6.04 Å². The van der Waals surface area contributed by atoms with Crippen LogP contribution in [-0.4, -0.2) is 24.4 Å². The Kier molecular flexibility index (Phi) is 4.80. The molecule has 0 bridgehead atoms. The number of nitriles is 1. The van der Waals surface area contributed by atoms with Gasteiger partial charge < -0.3 is 10.2 Å². The molecule has 1 N–H and O–H groups in total. The van der Waals surface area contributed by atoms with Gasteiger partial charge in [0.25, 0.3) is 5.91 Å². The molecule has 0 aliphatic carbocycles. The SMILES string of the molecule is C[C@H](NC(=O)c1ccc(C#N)cc1)C(=O)N1CCCc2ccccc21. The lowest BCUT2D eigenvalue weighted by molar-refractivity contribution is -0.120. The molecule has 5 nitrogen and oxygen atoms in total. The van der Waals surface area contributed by atoms with Gasteiger partial charge in [0.2, 0.25) is 5.91 Å². The maximum Gasteiger partial charge on any atom is 0.251 e. The van der Waals surface area contributed by atoms with E-state index in [1.54, 1.807) is 36.1 Å². The molecule has 2 amide bonds. The minimum absolute atomic E-state index is 0.117. The zero-order chi connectivity index (χ0) is 17.8. The second-order valence-electron chi connectivity index (χ2n) is 6.11. The van der Waals surface area contributed by atoms with Crippen molar-refractivity contribution in [1.82, 2.24) is 5.32 Å². The Morgan fingerprint density at radius 3 is 2.60 bits per heavy atom. The number of fused-ring (bicyclic) bond motifs is 1. The quantitative estimate of drug-likeness (QED) is 0.938. The molecule has 0 unspecified atom stereocenters. The van der Waals surface area contributed by atoms with E-state index in [2.05, 4.69) is 5.32 Å². The second kappa shape index (κ2) is 7.18. The summed E-state index contributed by atoms with van der Waals surface area (Å²) in [6.07, 6.45) is 1.88. The monoisotopic (exact) mass is 333 g/mol. The average Bonchev–Trinajstić information content (AvgIpc) is 2.67. The van der Waals surface area contributed by atoms with E-state index in [0.29, 0.717) is 17.7 Å². The first-order valence-electron chi connectivity index (χ1n) is 8.30. The minimum atomic E-state index is -0.630. The van der Waals surface area contributed by atoms with Gasteiger partial charge in [-0.15, -0.1) is 0 Å². The highest BCUT2D eigenvalue weighted by Crippen LogP contribution is 2.27. The van der Waals surface area contributed by atoms with Crippen molar-refractivity contribution in [2.24, 2.45) is 0 Å². The number of hydrogen-bond acceptors (Lipinski definition) is 3. The van der Waals surface area contributed by atoms with Crippen molar-refractivity contribution in [3.63, 3.8) is 0 Å². The molecule has 0 saturated heterocycles. The summed E-state index contributed by atoms with van der Waals surface area (Å²) in [4.78, 5) is 26.9. The number of benzene rings is 2. The number of carbonyl (C=O) groups excluding carboxylic acids is 2. The zero-order valence-corrected chi connectivity index (χ0v) is 14.0. The summed E-state index contributed by atoms with van der Waals surface area (Å²) >= 11 is 0. The molecule has 2 aromatic carbocycles. The Labute approximate surface area is 146 Å². The molecule has 1 aliphatic heterocycles. The van der Waals surface area contributed by atoms with Crippen LogP contribution in [0.25, 0.3) is 0 Å². The van der Waals surface area contributed by atoms with E-state index in [1.807, 2.05) is 30.3 Å². The molecule has 0 aromatic heterocycles. The highest BCUT2D eigenvalue weighted by molar-refractivity contribution is 6.02. The molecule has 1 aliphatic rings. The predicted octanol–water partition coefficient (Wildman–Crippen LogP) is 2.66. The number of para-hydroxylation sites is 1. The van der Waals surface area contributed by atoms with Gasteiger partial charge in [-0.05, 0) is 55.7 Å². The van der Waals surface area contributed by atoms with Crippen molar-refractivity contribution in [3.8, 4) is 6.07 Å². The van der Waals surface area contributed by atoms with E-state index in [4.69, 9.17) is 5.26 Å². The lowest BCUT2D eigenvalue weighted by Crippen LogP contribution is -2.48. The Morgan fingerprint density at radius 1 is 1.16 bits per heavy atom. The summed E-state index contributed by atoms with van der Waals surface area (Å²) in [6, 6.07) is 15.6. The Hall–Kier alpha value is -3.13. The fourth-order valence-electron chi connectivity index (χ4n) is 3.03. The maximum atomic E-state index is 12.8. The van der Waals surface area contributed by atoms with Crippen LogP contribution in [0.15, 0.2) is 48.5 Å². The average molecular weight is 333 g/mol. The third-order valence-electron chi connectivity index (χ3n) is 4.37. The molecule has 0 spiro atoms. The summed E-state index contributed by atoms with van der Waals surface area (Å²) in [6.45, 7) is 2.36. The first-order valence-corrected chi connectivity index (χ1v) is 8.30. The van der Waals surface area contributed by atoms with Gasteiger partial charge in [-0.25, -0.2) is 0 Å². The van der Waals surface area contributed by atoms with Crippen LogP contribution in [0.2, 0.25) is 0 Å². The molecule has 0 fully saturated rings. The number of amides is 2. The number of hydrogen-bond donors (Lipinski definition) is 1. The molecular weight excluding hydrogens is 314 g/mol. The third-order valence-corrected chi connectivity index (χ3v) is 4.37. The van der Waals surface area contributed by atoms with Crippen LogP contribution < -0.4 is 10.2 Å². The van der Waals surface area contributed by atoms with E-state index < -0.39 is 6.04 Å². The van der Waals surface area contributed by atoms with Crippen LogP contribution in [0.4, 0.5) is 5.69 Å². The van der Waals surface area contributed by atoms with Crippen molar-refractivity contribution in [2.45, 2.75) is 25.8 Å². The molecule has 25 heavy (non-hydrogen) atoms. The minimum Gasteiger partial charge on any atom is -0.341 e. The predicted molar refractivity (Wildman–Crippen MR) is 95.2 cm³/mol. The number of aryl methyl sites for hydroxylation is 1. The number of rotatable bonds is 3. The lowest BCUT2D eigenvalue weighted by Gasteiger charge is -2.31. The molecule has 5 heteroatoms. The highest BCUT2D eigenvalue weighted by Gasteiger charge is 2.27. The standard InChI is InChI=1S/C20H19N3O2/c1-14(22-19(24)17-10-8-15(13-21)9-11-17)20(25)23-12-4-6-16-5-2-3-7-18(16)23/h2-3,5,7-11,14H,4,6,12H2,1H3,(H,22,24)/t14-/m0/s1. The van der Waals surface area contributed by atoms with E-state index in [9.17, 15) is 9.59 Å². The van der Waals surface area contributed by atoms with Crippen LogP contribution >= 0.6 is 0 Å². The summed E-state index contributed by atoms with van der Waals surface area (Å²) in [5, 5.41) is 11.6. The zero-order valence-electron chi connectivity index (χ0n) is 14.0. The molecule has 3 rings (SSSR count). The van der Waals surface area contributed by atoms with Gasteiger partial charge in [0, 0.05) is 17.8 Å². The second-order valence-corrected chi connectivity index (χ2v) is 6.11. The first-order chi connectivity index (χ1) is 12.1. The molecule has 1 heterocycles. The largest absolute Gasteiger partial charge is 0.341 e. The van der Waals surface area contributed by atoms with Gasteiger partial charge in [0.15, 0.2) is 0 Å². The fraction of sp³-hybridized carbons (Fsp3) is 0.250. The van der Waals surface area contributed by atoms with Crippen LogP contribution in [-0.2, 0) is 11.2 Å². The molecule has 0 saturated carbocycles. The van der Waals surface area contributed by atoms with Crippen LogP contribution in [0.1, 0.15) is 34.8 Å². The van der Waals surface area contributed by atoms with Crippen LogP contribution in [0.3, 0.4) is 0 Å². The van der Waals surface area contributed by atoms with Crippen molar-refractivity contribution in [3.05, 3.63) is 65.2 Å². The van der Waals surface area contributed by atoms with E-state index in [1.165, 1.54) is 0 Å². The van der Waals surface area contributed by atoms with Crippen LogP contribution in [0, 0.1) is 11.3 Å². The molecule has 1 atom stereocenters. The lowest BCUT2D eigenvalue weighted by atomic mass is 10.0. The number of nitrogens with one attached hydrogen (secondary N) is 1. The molecule has 126 valence electrons. The molecule has 0 radical (unpaired) electrons. The van der Waals surface area contributed by atoms with Gasteiger partial charge >= 0.3 is 0 Å². The van der Waals surface area contributed by atoms with Gasteiger partial charge in [-0.3, -0.25) is 9.59 Å². The fourth-order valence-corrected chi connectivity index (χ4v) is 3.03. The topological polar surface area (TPSA) is 73.2 Å². The summed E-state index contributed by atoms with van der Waals surface area (Å²) < 4.78 is 0. The first kappa shape index (κ1) is 16.7. The normalized spacial score (nSPS) is 14.2. The smallest absolute Gasteiger partial charge is 0.251 e. The summed E-state index contributed by atoms with van der Waals surface area (Å²) in [7, 11) is 0. The number of nitrogens with zero attached hydrogens (tertiary/aromatic N) is 2. The van der Waals surface area contributed by atoms with Gasteiger partial charge in [-0.2, -0.15) is 5.26 Å². The number of anilines is 1. The molecular formula is C20H19N3O2. The van der Waals surface area contributed by atoms with Crippen molar-refractivity contribution >= 4 is 17.5 Å². The van der Waals surface area contributed by atoms with E-state index >= 15 is 0 Å². The molecule has 2 aromatic rings. The third kappa shape index (κ3) is 3.53. The maximum absolute atomic E-state index is 12.8. The highest BCUT2D eigenvalue weighted by atomic mass is 16.2. The van der Waals surface area contributed by atoms with Crippen molar-refractivity contribution < 1.29 is 9.59 Å². The Morgan fingerprint density at radius 2 is 1.88 bits per heavy atom. The summed E-state index contributed by atoms with van der Waals surface area (Å²) in [5.41, 5.74) is 3.01. The van der Waals surface area contributed by atoms with Crippen LogP contribution in [0.5, 0.6) is 0 Å². The number of carbonyl (C=O) groups is 2. The van der Waals surface area contributed by atoms with Gasteiger partial charge in [0.05, 0.1) is 11.6 Å². The Bertz CT molecular complexity index is 837.